The Kier molecular flexibility index (Phi) is 7.45. The molecule has 7 rings (SSSR count). The van der Waals surface area contributed by atoms with Gasteiger partial charge < -0.3 is 29.2 Å². The van der Waals surface area contributed by atoms with Gasteiger partial charge in [0, 0.05) is 61.9 Å². The third kappa shape index (κ3) is 5.61. The first-order valence-corrected chi connectivity index (χ1v) is 15.4. The fourth-order valence-corrected chi connectivity index (χ4v) is 6.14. The number of fused-ring (bicyclic) bond motifs is 1. The molecule has 0 radical (unpaired) electrons. The number of carbonyl (C=O) groups excluding carboxylic acids is 2. The monoisotopic (exact) mass is 596 g/mol. The molecule has 1 aliphatic carbocycles. The number of hydrogen-bond donors (Lipinski definition) is 1. The number of para-hydroxylation sites is 1. The molecule has 2 amide bonds. The predicted octanol–water partition coefficient (Wildman–Crippen LogP) is 4.60. The topological polar surface area (TPSA) is 113 Å². The summed E-state index contributed by atoms with van der Waals surface area (Å²) in [6, 6.07) is 15.9. The lowest BCUT2D eigenvalue weighted by atomic mass is 10.1. The van der Waals surface area contributed by atoms with Crippen molar-refractivity contribution in [2.45, 2.75) is 38.6 Å². The van der Waals surface area contributed by atoms with Gasteiger partial charge in [0.1, 0.15) is 18.7 Å². The van der Waals surface area contributed by atoms with Gasteiger partial charge in [-0.1, -0.05) is 24.3 Å². The summed E-state index contributed by atoms with van der Waals surface area (Å²) in [5.74, 6) is 1.40. The fourth-order valence-electron chi connectivity index (χ4n) is 6.14. The fraction of sp³-hybridized carbons (Fsp3) is 0.394. The summed E-state index contributed by atoms with van der Waals surface area (Å²) in [6.45, 7) is 7.28. The van der Waals surface area contributed by atoms with E-state index in [0.29, 0.717) is 55.5 Å². The summed E-state index contributed by atoms with van der Waals surface area (Å²) in [4.78, 5) is 49.7. The number of rotatable bonds is 9. The molecular formula is C33H36N6O5. The molecule has 4 heterocycles. The first kappa shape index (κ1) is 28.0. The number of oxazole rings is 1. The molecule has 0 unspecified atom stereocenters. The number of carbonyl (C=O) groups is 2. The Hall–Kier alpha value is -4.80. The number of aromatic nitrogens is 2. The van der Waals surface area contributed by atoms with Crippen molar-refractivity contribution < 1.29 is 18.7 Å². The van der Waals surface area contributed by atoms with Crippen molar-refractivity contribution in [1.82, 2.24) is 14.5 Å². The van der Waals surface area contributed by atoms with Crippen LogP contribution in [0.1, 0.15) is 47.1 Å². The number of piperazine rings is 1. The normalized spacial score (nSPS) is 16.9. The van der Waals surface area contributed by atoms with Gasteiger partial charge in [0.25, 0.3) is 11.5 Å². The zero-order valence-electron chi connectivity index (χ0n) is 24.8. The molecule has 1 saturated carbocycles. The van der Waals surface area contributed by atoms with Crippen LogP contribution in [-0.4, -0.2) is 72.3 Å². The standard InChI is InChI=1S/C33H36N6O5/c1-22-5-2-3-6-28(22)36-13-15-37(16-14-36)29-19-24-9-10-25(34-30(40)27-21-44-31(35-27)23-7-8-23)20-26(24)32(41)39(29)12-4-11-38-17-18-43-33(38)42/h2-3,5-6,9-10,19-21,23H,4,7-8,11-18H2,1H3,(H,34,40). The second-order valence-electron chi connectivity index (χ2n) is 11.8. The van der Waals surface area contributed by atoms with Crippen LogP contribution >= 0.6 is 0 Å². The molecule has 11 heteroatoms. The van der Waals surface area contributed by atoms with E-state index in [1.807, 2.05) is 16.7 Å². The van der Waals surface area contributed by atoms with Gasteiger partial charge >= 0.3 is 6.09 Å². The minimum absolute atomic E-state index is 0.128. The van der Waals surface area contributed by atoms with Gasteiger partial charge in [0.05, 0.1) is 6.54 Å². The van der Waals surface area contributed by atoms with Crippen LogP contribution in [0.4, 0.5) is 22.0 Å². The van der Waals surface area contributed by atoms with Crippen molar-refractivity contribution in [3.8, 4) is 0 Å². The molecule has 0 spiro atoms. The van der Waals surface area contributed by atoms with E-state index in [2.05, 4.69) is 57.4 Å². The van der Waals surface area contributed by atoms with Crippen LogP contribution in [-0.2, 0) is 11.3 Å². The van der Waals surface area contributed by atoms with E-state index in [1.165, 1.54) is 17.5 Å². The van der Waals surface area contributed by atoms with Gasteiger partial charge in [0.2, 0.25) is 0 Å². The molecule has 11 nitrogen and oxygen atoms in total. The van der Waals surface area contributed by atoms with Crippen molar-refractivity contribution in [3.63, 3.8) is 0 Å². The summed E-state index contributed by atoms with van der Waals surface area (Å²) < 4.78 is 12.4. The molecule has 0 atom stereocenters. The number of nitrogens with one attached hydrogen (secondary N) is 1. The minimum Gasteiger partial charge on any atom is -0.448 e. The molecule has 0 bridgehead atoms. The maximum atomic E-state index is 14.1. The number of hydrogen-bond acceptors (Lipinski definition) is 8. The molecule has 2 aromatic carbocycles. The highest BCUT2D eigenvalue weighted by atomic mass is 16.6. The summed E-state index contributed by atoms with van der Waals surface area (Å²) in [5, 5.41) is 4.20. The highest BCUT2D eigenvalue weighted by Crippen LogP contribution is 2.39. The van der Waals surface area contributed by atoms with Gasteiger partial charge in [-0.15, -0.1) is 0 Å². The van der Waals surface area contributed by atoms with Crippen molar-refractivity contribution >= 4 is 40.0 Å². The first-order chi connectivity index (χ1) is 21.4. The predicted molar refractivity (Wildman–Crippen MR) is 168 cm³/mol. The highest BCUT2D eigenvalue weighted by Gasteiger charge is 2.29. The van der Waals surface area contributed by atoms with Crippen molar-refractivity contribution in [1.29, 1.82) is 0 Å². The second-order valence-corrected chi connectivity index (χ2v) is 11.8. The third-order valence-electron chi connectivity index (χ3n) is 8.74. The highest BCUT2D eigenvalue weighted by molar-refractivity contribution is 6.03. The summed E-state index contributed by atoms with van der Waals surface area (Å²) in [5.41, 5.74) is 3.10. The molecule has 44 heavy (non-hydrogen) atoms. The number of benzene rings is 2. The van der Waals surface area contributed by atoms with Crippen LogP contribution in [0.15, 0.2) is 64.0 Å². The second kappa shape index (κ2) is 11.7. The summed E-state index contributed by atoms with van der Waals surface area (Å²) >= 11 is 0. The number of cyclic esters (lactones) is 1. The van der Waals surface area contributed by atoms with Gasteiger partial charge in [-0.05, 0) is 61.4 Å². The largest absolute Gasteiger partial charge is 0.448 e. The lowest BCUT2D eigenvalue weighted by Crippen LogP contribution is -2.48. The lowest BCUT2D eigenvalue weighted by Gasteiger charge is -2.38. The zero-order valence-corrected chi connectivity index (χ0v) is 24.8. The molecule has 3 fully saturated rings. The van der Waals surface area contributed by atoms with Crippen LogP contribution in [0.3, 0.4) is 0 Å². The van der Waals surface area contributed by atoms with Crippen molar-refractivity contribution in [2.24, 2.45) is 0 Å². The van der Waals surface area contributed by atoms with E-state index >= 15 is 0 Å². The number of aryl methyl sites for hydroxylation is 1. The van der Waals surface area contributed by atoms with E-state index in [1.54, 1.807) is 11.0 Å². The SMILES string of the molecule is Cc1ccccc1N1CCN(c2cc3ccc(NC(=O)c4coc(C5CC5)n4)cc3c(=O)n2CCCN2CCOC2=O)CC1. The van der Waals surface area contributed by atoms with Crippen LogP contribution in [0.25, 0.3) is 10.8 Å². The van der Waals surface area contributed by atoms with Crippen LogP contribution in [0, 0.1) is 6.92 Å². The molecule has 1 N–H and O–H groups in total. The molecule has 2 saturated heterocycles. The summed E-state index contributed by atoms with van der Waals surface area (Å²) in [6.07, 6.45) is 3.76. The average molecular weight is 597 g/mol. The third-order valence-corrected chi connectivity index (χ3v) is 8.74. The van der Waals surface area contributed by atoms with E-state index in [4.69, 9.17) is 9.15 Å². The molecule has 3 aliphatic rings. The molecule has 2 aromatic heterocycles. The number of anilines is 3. The van der Waals surface area contributed by atoms with Crippen LogP contribution in [0.2, 0.25) is 0 Å². The smallest absolute Gasteiger partial charge is 0.409 e. The molecule has 4 aromatic rings. The summed E-state index contributed by atoms with van der Waals surface area (Å²) in [7, 11) is 0. The molecule has 2 aliphatic heterocycles. The molecule has 228 valence electrons. The van der Waals surface area contributed by atoms with Crippen LogP contribution in [0.5, 0.6) is 0 Å². The first-order valence-electron chi connectivity index (χ1n) is 15.4. The Morgan fingerprint density at radius 3 is 2.52 bits per heavy atom. The van der Waals surface area contributed by atoms with Gasteiger partial charge in [-0.25, -0.2) is 9.78 Å². The maximum Gasteiger partial charge on any atom is 0.409 e. The van der Waals surface area contributed by atoms with Crippen LogP contribution < -0.4 is 20.7 Å². The average Bonchev–Trinajstić information content (AvgIpc) is 3.62. The van der Waals surface area contributed by atoms with Crippen molar-refractivity contribution in [2.75, 3.05) is 61.0 Å². The van der Waals surface area contributed by atoms with E-state index in [9.17, 15) is 14.4 Å². The van der Waals surface area contributed by atoms with Gasteiger partial charge in [-0.2, -0.15) is 0 Å². The van der Waals surface area contributed by atoms with Gasteiger partial charge in [0.15, 0.2) is 11.6 Å². The Morgan fingerprint density at radius 2 is 1.77 bits per heavy atom. The number of ether oxygens (including phenoxy) is 1. The Bertz CT molecular complexity index is 1770. The number of amides is 2. The number of nitrogens with zero attached hydrogens (tertiary/aromatic N) is 5. The van der Waals surface area contributed by atoms with E-state index in [-0.39, 0.29) is 23.3 Å². The van der Waals surface area contributed by atoms with E-state index in [0.717, 1.165) is 50.2 Å². The molecular weight excluding hydrogens is 560 g/mol. The quantitative estimate of drug-likeness (QED) is 0.299. The van der Waals surface area contributed by atoms with E-state index < -0.39 is 0 Å². The Balaban J connectivity index is 1.15. The zero-order chi connectivity index (χ0) is 30.2. The lowest BCUT2D eigenvalue weighted by molar-refractivity contribution is 0.102. The minimum atomic E-state index is -0.374. The number of pyridine rings is 1. The maximum absolute atomic E-state index is 14.1. The van der Waals surface area contributed by atoms with Crippen molar-refractivity contribution in [3.05, 3.63) is 82.3 Å². The Labute approximate surface area is 255 Å². The van der Waals surface area contributed by atoms with Gasteiger partial charge in [-0.3, -0.25) is 14.2 Å². The Morgan fingerprint density at radius 1 is 0.977 bits per heavy atom.